The minimum Gasteiger partial charge on any atom is -0.456 e. The Balaban J connectivity index is 1.13. The van der Waals surface area contributed by atoms with Crippen LogP contribution in [0.3, 0.4) is 0 Å². The molecule has 3 heterocycles. The average Bonchev–Trinajstić information content (AvgIpc) is 3.83. The molecule has 0 radical (unpaired) electrons. The molecule has 11 rings (SSSR count). The Morgan fingerprint density at radius 1 is 0.421 bits per heavy atom. The second-order valence-corrected chi connectivity index (χ2v) is 14.4. The molecular formula is C52H34N4O. The van der Waals surface area contributed by atoms with Gasteiger partial charge in [0, 0.05) is 33.7 Å². The zero-order valence-corrected chi connectivity index (χ0v) is 30.9. The topological polar surface area (TPSA) is 56.7 Å². The Labute approximate surface area is 329 Å². The molecule has 57 heavy (non-hydrogen) atoms. The van der Waals surface area contributed by atoms with Crippen molar-refractivity contribution in [1.82, 2.24) is 19.5 Å². The van der Waals surface area contributed by atoms with Gasteiger partial charge < -0.3 is 8.98 Å². The number of fused-ring (bicyclic) bond motifs is 6. The van der Waals surface area contributed by atoms with E-state index in [0.717, 1.165) is 83.1 Å². The van der Waals surface area contributed by atoms with Crippen molar-refractivity contribution in [3.05, 3.63) is 206 Å². The van der Waals surface area contributed by atoms with Gasteiger partial charge in [-0.15, -0.1) is 0 Å². The van der Waals surface area contributed by atoms with Gasteiger partial charge in [-0.3, -0.25) is 0 Å². The fourth-order valence-corrected chi connectivity index (χ4v) is 8.22. The summed E-state index contributed by atoms with van der Waals surface area (Å²) >= 11 is 0. The van der Waals surface area contributed by atoms with Crippen LogP contribution in [0, 0.1) is 0 Å². The van der Waals surface area contributed by atoms with Crippen LogP contribution >= 0.6 is 0 Å². The molecule has 0 saturated carbocycles. The van der Waals surface area contributed by atoms with Crippen molar-refractivity contribution in [2.45, 2.75) is 6.42 Å². The van der Waals surface area contributed by atoms with Gasteiger partial charge in [0.15, 0.2) is 11.6 Å². The van der Waals surface area contributed by atoms with Crippen LogP contribution < -0.4 is 0 Å². The monoisotopic (exact) mass is 730 g/mol. The normalized spacial score (nSPS) is 11.6. The lowest BCUT2D eigenvalue weighted by Gasteiger charge is -2.13. The van der Waals surface area contributed by atoms with Gasteiger partial charge in [0.25, 0.3) is 0 Å². The number of rotatable bonds is 7. The maximum atomic E-state index is 6.59. The Morgan fingerprint density at radius 3 is 1.82 bits per heavy atom. The van der Waals surface area contributed by atoms with Crippen LogP contribution in [-0.4, -0.2) is 19.5 Å². The third-order valence-corrected chi connectivity index (χ3v) is 10.9. The van der Waals surface area contributed by atoms with Crippen molar-refractivity contribution < 1.29 is 4.42 Å². The predicted molar refractivity (Wildman–Crippen MR) is 232 cm³/mol. The third-order valence-electron chi connectivity index (χ3n) is 10.9. The highest BCUT2D eigenvalue weighted by atomic mass is 16.3. The largest absolute Gasteiger partial charge is 0.456 e. The fraction of sp³-hybridized carbons (Fsp3) is 0.0192. The number of nitrogens with zero attached hydrogens (tertiary/aromatic N) is 4. The second-order valence-electron chi connectivity index (χ2n) is 14.4. The summed E-state index contributed by atoms with van der Waals surface area (Å²) in [5.74, 6) is 2.00. The van der Waals surface area contributed by atoms with Crippen LogP contribution in [0.25, 0.3) is 94.5 Å². The second kappa shape index (κ2) is 13.6. The van der Waals surface area contributed by atoms with Crippen molar-refractivity contribution in [1.29, 1.82) is 0 Å². The van der Waals surface area contributed by atoms with E-state index >= 15 is 0 Å². The summed E-state index contributed by atoms with van der Waals surface area (Å²) < 4.78 is 8.97. The highest BCUT2D eigenvalue weighted by Gasteiger charge is 2.22. The summed E-state index contributed by atoms with van der Waals surface area (Å²) in [5, 5.41) is 4.39. The van der Waals surface area contributed by atoms with Crippen molar-refractivity contribution in [2.75, 3.05) is 0 Å². The van der Waals surface area contributed by atoms with Gasteiger partial charge in [-0.25, -0.2) is 15.0 Å². The summed E-state index contributed by atoms with van der Waals surface area (Å²) in [6.45, 7) is 0. The Kier molecular flexibility index (Phi) is 7.81. The van der Waals surface area contributed by atoms with Crippen molar-refractivity contribution in [2.24, 2.45) is 0 Å². The molecule has 0 spiro atoms. The number of furan rings is 1. The number of para-hydroxylation sites is 2. The van der Waals surface area contributed by atoms with E-state index in [2.05, 4.69) is 168 Å². The fourth-order valence-electron chi connectivity index (χ4n) is 8.22. The molecule has 0 aliphatic carbocycles. The van der Waals surface area contributed by atoms with Crippen LogP contribution in [0.4, 0.5) is 0 Å². The van der Waals surface area contributed by atoms with E-state index in [9.17, 15) is 0 Å². The SMILES string of the molecule is c1ccc(Cc2nc(-c3ccccc3)nc(-c3cccc4c5ccccc5n(-c5cccc6oc7ccc(-c8ccc(-c9ccccc9)cc8)cc7c56)c34)n2)cc1. The first-order valence-electron chi connectivity index (χ1n) is 19.2. The molecule has 0 amide bonds. The zero-order valence-electron chi connectivity index (χ0n) is 30.9. The molecule has 0 atom stereocenters. The zero-order chi connectivity index (χ0) is 37.7. The van der Waals surface area contributed by atoms with Crippen LogP contribution in [0.1, 0.15) is 11.4 Å². The lowest BCUT2D eigenvalue weighted by Crippen LogP contribution is -2.05. The van der Waals surface area contributed by atoms with Crippen LogP contribution in [0.15, 0.2) is 199 Å². The van der Waals surface area contributed by atoms with E-state index in [1.54, 1.807) is 0 Å². The van der Waals surface area contributed by atoms with Gasteiger partial charge in [0.05, 0.1) is 22.1 Å². The maximum absolute atomic E-state index is 6.59. The maximum Gasteiger partial charge on any atom is 0.165 e. The minimum atomic E-state index is 0.590. The number of hydrogen-bond acceptors (Lipinski definition) is 4. The van der Waals surface area contributed by atoms with Crippen molar-refractivity contribution in [3.8, 4) is 50.7 Å². The predicted octanol–water partition coefficient (Wildman–Crippen LogP) is 13.1. The molecule has 0 fully saturated rings. The molecule has 0 unspecified atom stereocenters. The lowest BCUT2D eigenvalue weighted by atomic mass is 9.99. The molecule has 0 bridgehead atoms. The molecule has 8 aromatic carbocycles. The molecule has 0 aliphatic rings. The highest BCUT2D eigenvalue weighted by Crippen LogP contribution is 2.42. The smallest absolute Gasteiger partial charge is 0.165 e. The molecule has 268 valence electrons. The van der Waals surface area contributed by atoms with E-state index < -0.39 is 0 Å². The third kappa shape index (κ3) is 5.76. The molecule has 5 heteroatoms. The van der Waals surface area contributed by atoms with Gasteiger partial charge >= 0.3 is 0 Å². The molecule has 0 saturated heterocycles. The van der Waals surface area contributed by atoms with E-state index in [-0.39, 0.29) is 0 Å². The first-order chi connectivity index (χ1) is 28.2. The molecule has 0 N–H and O–H groups in total. The summed E-state index contributed by atoms with van der Waals surface area (Å²) in [4.78, 5) is 15.4. The van der Waals surface area contributed by atoms with Gasteiger partial charge in [0.2, 0.25) is 0 Å². The van der Waals surface area contributed by atoms with Gasteiger partial charge in [-0.1, -0.05) is 158 Å². The Morgan fingerprint density at radius 2 is 1.04 bits per heavy atom. The summed E-state index contributed by atoms with van der Waals surface area (Å²) in [5.41, 5.74) is 12.5. The Bertz CT molecular complexity index is 3240. The first-order valence-corrected chi connectivity index (χ1v) is 19.2. The van der Waals surface area contributed by atoms with Crippen molar-refractivity contribution >= 4 is 43.7 Å². The van der Waals surface area contributed by atoms with Gasteiger partial charge in [-0.2, -0.15) is 0 Å². The van der Waals surface area contributed by atoms with Crippen LogP contribution in [0.5, 0.6) is 0 Å². The minimum absolute atomic E-state index is 0.590. The molecule has 11 aromatic rings. The van der Waals surface area contributed by atoms with Gasteiger partial charge in [0.1, 0.15) is 17.0 Å². The Hall–Kier alpha value is -7.63. The molecule has 5 nitrogen and oxygen atoms in total. The number of benzene rings is 8. The van der Waals surface area contributed by atoms with Crippen molar-refractivity contribution in [3.63, 3.8) is 0 Å². The van der Waals surface area contributed by atoms with E-state index in [1.165, 1.54) is 11.1 Å². The van der Waals surface area contributed by atoms with Crippen LogP contribution in [-0.2, 0) is 6.42 Å². The first kappa shape index (κ1) is 32.8. The standard InChI is InChI=1S/C52H34N4O/c1-4-14-34(15-5-1)32-48-53-51(38-18-8-3-9-19-38)55-52(54-48)42-22-12-21-41-40-20-10-11-23-44(40)56(50(41)42)45-24-13-25-47-49(45)43-33-39(30-31-46(43)57-47)37-28-26-36(27-29-37)35-16-6-2-7-17-35/h1-31,33H,32H2. The quantitative estimate of drug-likeness (QED) is 0.164. The molecular weight excluding hydrogens is 697 g/mol. The highest BCUT2D eigenvalue weighted by molar-refractivity contribution is 6.17. The van der Waals surface area contributed by atoms with Crippen LogP contribution in [0.2, 0.25) is 0 Å². The summed E-state index contributed by atoms with van der Waals surface area (Å²) in [6.07, 6.45) is 0.590. The average molecular weight is 731 g/mol. The van der Waals surface area contributed by atoms with E-state index in [0.29, 0.717) is 18.1 Å². The number of hydrogen-bond donors (Lipinski definition) is 0. The summed E-state index contributed by atoms with van der Waals surface area (Å²) in [6, 6.07) is 67.8. The summed E-state index contributed by atoms with van der Waals surface area (Å²) in [7, 11) is 0. The lowest BCUT2D eigenvalue weighted by molar-refractivity contribution is 0.669. The van der Waals surface area contributed by atoms with E-state index in [1.807, 2.05) is 30.3 Å². The molecule has 0 aliphatic heterocycles. The molecule has 3 aromatic heterocycles. The van der Waals surface area contributed by atoms with E-state index in [4.69, 9.17) is 19.4 Å². The van der Waals surface area contributed by atoms with Gasteiger partial charge in [-0.05, 0) is 64.2 Å². The number of aromatic nitrogens is 4.